The number of carbonyl (C=O) groups is 2. The molecule has 0 aromatic rings. The molecule has 13 heavy (non-hydrogen) atoms. The van der Waals surface area contributed by atoms with E-state index in [-0.39, 0.29) is 0 Å². The molecule has 0 unspecified atom stereocenters. The van der Waals surface area contributed by atoms with E-state index in [9.17, 15) is 9.59 Å². The molecule has 76 valence electrons. The second-order valence-corrected chi connectivity index (χ2v) is 2.88. The minimum absolute atomic E-state index is 0.302. The molecular weight excluding hydrogens is 174 g/mol. The van der Waals surface area contributed by atoms with Crippen molar-refractivity contribution in [2.24, 2.45) is 17.2 Å². The zero-order valence-corrected chi connectivity index (χ0v) is 7.27. The van der Waals surface area contributed by atoms with Gasteiger partial charge in [-0.1, -0.05) is 0 Å². The Hall–Kier alpha value is -1.14. The van der Waals surface area contributed by atoms with Crippen molar-refractivity contribution >= 4 is 11.9 Å². The van der Waals surface area contributed by atoms with Gasteiger partial charge in [0.25, 0.3) is 0 Å². The van der Waals surface area contributed by atoms with Gasteiger partial charge >= 0.3 is 5.97 Å². The fraction of sp³-hybridized carbons (Fsp3) is 0.714. The topological polar surface area (TPSA) is 132 Å². The predicted octanol–water partition coefficient (Wildman–Crippen LogP) is -1.62. The zero-order valence-electron chi connectivity index (χ0n) is 7.27. The van der Waals surface area contributed by atoms with Gasteiger partial charge in [-0.3, -0.25) is 9.59 Å². The van der Waals surface area contributed by atoms with Crippen molar-refractivity contribution in [3.05, 3.63) is 0 Å². The summed E-state index contributed by atoms with van der Waals surface area (Å²) in [5.74, 6) is -1.63. The SMILES string of the molecule is NC(=O)[C@@H](N)CCC[C@@H](N)C(=O)O. The van der Waals surface area contributed by atoms with E-state index in [1.807, 2.05) is 0 Å². The maximum atomic E-state index is 10.5. The van der Waals surface area contributed by atoms with E-state index >= 15 is 0 Å². The first-order valence-electron chi connectivity index (χ1n) is 3.98. The zero-order chi connectivity index (χ0) is 10.4. The number of rotatable bonds is 6. The molecule has 0 aliphatic carbocycles. The molecule has 2 atom stereocenters. The van der Waals surface area contributed by atoms with E-state index in [4.69, 9.17) is 22.3 Å². The number of amides is 1. The fourth-order valence-electron chi connectivity index (χ4n) is 0.823. The number of nitrogens with two attached hydrogens (primary N) is 3. The van der Waals surface area contributed by atoms with Gasteiger partial charge in [-0.25, -0.2) is 0 Å². The normalized spacial score (nSPS) is 14.9. The van der Waals surface area contributed by atoms with Crippen LogP contribution in [-0.4, -0.2) is 29.1 Å². The number of carboxylic acid groups (broad SMARTS) is 1. The molecule has 6 nitrogen and oxygen atoms in total. The molecule has 0 bridgehead atoms. The van der Waals surface area contributed by atoms with Gasteiger partial charge in [-0.05, 0) is 19.3 Å². The summed E-state index contributed by atoms with van der Waals surface area (Å²) in [7, 11) is 0. The number of primary amides is 1. The summed E-state index contributed by atoms with van der Waals surface area (Å²) in [6, 6.07) is -1.60. The Bertz CT molecular complexity index is 175. The molecule has 1 amide bonds. The lowest BCUT2D eigenvalue weighted by atomic mass is 10.1. The van der Waals surface area contributed by atoms with E-state index in [0.29, 0.717) is 19.3 Å². The summed E-state index contributed by atoms with van der Waals surface area (Å²) in [5, 5.41) is 8.41. The molecule has 0 fully saturated rings. The first-order valence-corrected chi connectivity index (χ1v) is 3.98. The van der Waals surface area contributed by atoms with Crippen LogP contribution in [0.2, 0.25) is 0 Å². The van der Waals surface area contributed by atoms with Gasteiger partial charge in [0, 0.05) is 0 Å². The molecule has 0 heterocycles. The summed E-state index contributed by atoms with van der Waals surface area (Å²) >= 11 is 0. The van der Waals surface area contributed by atoms with E-state index in [1.54, 1.807) is 0 Å². The maximum absolute atomic E-state index is 10.5. The van der Waals surface area contributed by atoms with Crippen molar-refractivity contribution < 1.29 is 14.7 Å². The highest BCUT2D eigenvalue weighted by molar-refractivity contribution is 5.79. The third-order valence-electron chi connectivity index (χ3n) is 1.71. The average molecular weight is 189 g/mol. The molecule has 0 aliphatic rings. The van der Waals surface area contributed by atoms with E-state index in [2.05, 4.69) is 0 Å². The highest BCUT2D eigenvalue weighted by Crippen LogP contribution is 2.01. The number of aliphatic carboxylic acids is 1. The monoisotopic (exact) mass is 189 g/mol. The highest BCUT2D eigenvalue weighted by atomic mass is 16.4. The van der Waals surface area contributed by atoms with Gasteiger partial charge in [0.15, 0.2) is 0 Å². The Morgan fingerprint density at radius 3 is 2.00 bits per heavy atom. The Morgan fingerprint density at radius 1 is 1.15 bits per heavy atom. The van der Waals surface area contributed by atoms with Crippen LogP contribution in [0.4, 0.5) is 0 Å². The first-order chi connectivity index (χ1) is 5.95. The maximum Gasteiger partial charge on any atom is 0.320 e. The van der Waals surface area contributed by atoms with Gasteiger partial charge in [0.1, 0.15) is 6.04 Å². The molecule has 0 aliphatic heterocycles. The quantitative estimate of drug-likeness (QED) is 0.398. The number of hydrogen-bond acceptors (Lipinski definition) is 4. The number of carbonyl (C=O) groups excluding carboxylic acids is 1. The van der Waals surface area contributed by atoms with Crippen LogP contribution < -0.4 is 17.2 Å². The van der Waals surface area contributed by atoms with Crippen LogP contribution in [0.1, 0.15) is 19.3 Å². The second kappa shape index (κ2) is 5.50. The summed E-state index contributed by atoms with van der Waals surface area (Å²) in [6.45, 7) is 0. The minimum Gasteiger partial charge on any atom is -0.480 e. The Balaban J connectivity index is 3.56. The van der Waals surface area contributed by atoms with E-state index in [1.165, 1.54) is 0 Å². The van der Waals surface area contributed by atoms with Gasteiger partial charge in [0.2, 0.25) is 5.91 Å². The molecule has 0 aromatic heterocycles. The lowest BCUT2D eigenvalue weighted by molar-refractivity contribution is -0.138. The molecule has 0 spiro atoms. The summed E-state index contributed by atoms with van der Waals surface area (Å²) in [5.41, 5.74) is 15.4. The summed E-state index contributed by atoms with van der Waals surface area (Å²) < 4.78 is 0. The molecule has 0 saturated carbocycles. The molecular formula is C7H15N3O3. The highest BCUT2D eigenvalue weighted by Gasteiger charge is 2.13. The Morgan fingerprint density at radius 2 is 1.62 bits per heavy atom. The van der Waals surface area contributed by atoms with Crippen LogP contribution in [0, 0.1) is 0 Å². The van der Waals surface area contributed by atoms with Crippen molar-refractivity contribution in [2.75, 3.05) is 0 Å². The van der Waals surface area contributed by atoms with Crippen LogP contribution in [0.25, 0.3) is 0 Å². The van der Waals surface area contributed by atoms with E-state index < -0.39 is 24.0 Å². The molecule has 6 heteroatoms. The molecule has 0 rings (SSSR count). The molecule has 0 radical (unpaired) electrons. The molecule has 0 saturated heterocycles. The van der Waals surface area contributed by atoms with Crippen molar-refractivity contribution in [3.8, 4) is 0 Å². The van der Waals surface area contributed by atoms with Gasteiger partial charge in [-0.2, -0.15) is 0 Å². The van der Waals surface area contributed by atoms with Crippen LogP contribution in [0.5, 0.6) is 0 Å². The van der Waals surface area contributed by atoms with Gasteiger partial charge in [0.05, 0.1) is 6.04 Å². The van der Waals surface area contributed by atoms with Crippen LogP contribution >= 0.6 is 0 Å². The minimum atomic E-state index is -1.05. The first kappa shape index (κ1) is 11.9. The second-order valence-electron chi connectivity index (χ2n) is 2.88. The van der Waals surface area contributed by atoms with E-state index in [0.717, 1.165) is 0 Å². The Kier molecular flexibility index (Phi) is 5.01. The smallest absolute Gasteiger partial charge is 0.320 e. The number of hydrogen-bond donors (Lipinski definition) is 4. The summed E-state index contributed by atoms with van der Waals surface area (Å²) in [6.07, 6.45) is 1.16. The van der Waals surface area contributed by atoms with Gasteiger partial charge < -0.3 is 22.3 Å². The van der Waals surface area contributed by atoms with Crippen LogP contribution in [0.15, 0.2) is 0 Å². The summed E-state index contributed by atoms with van der Waals surface area (Å²) in [4.78, 5) is 20.7. The van der Waals surface area contributed by atoms with Crippen molar-refractivity contribution in [1.29, 1.82) is 0 Å². The third-order valence-corrected chi connectivity index (χ3v) is 1.71. The Labute approximate surface area is 76.1 Å². The standard InChI is InChI=1S/C7H15N3O3/c8-4(6(10)11)2-1-3-5(9)7(12)13/h4-5H,1-3,8-9H2,(H2,10,11)(H,12,13)/t4-,5+/m0/s1. The van der Waals surface area contributed by atoms with Crippen LogP contribution in [0.3, 0.4) is 0 Å². The number of carboxylic acids is 1. The lowest BCUT2D eigenvalue weighted by Gasteiger charge is -2.08. The average Bonchev–Trinajstić information content (AvgIpc) is 2.03. The third kappa shape index (κ3) is 5.15. The predicted molar refractivity (Wildman–Crippen MR) is 46.6 cm³/mol. The van der Waals surface area contributed by atoms with Gasteiger partial charge in [-0.15, -0.1) is 0 Å². The largest absolute Gasteiger partial charge is 0.480 e. The van der Waals surface area contributed by atoms with Crippen molar-refractivity contribution in [2.45, 2.75) is 31.3 Å². The lowest BCUT2D eigenvalue weighted by Crippen LogP contribution is -2.37. The van der Waals surface area contributed by atoms with Crippen molar-refractivity contribution in [1.82, 2.24) is 0 Å². The van der Waals surface area contributed by atoms with Crippen molar-refractivity contribution in [3.63, 3.8) is 0 Å². The van der Waals surface area contributed by atoms with Crippen LogP contribution in [-0.2, 0) is 9.59 Å². The fourth-order valence-corrected chi connectivity index (χ4v) is 0.823. The molecule has 0 aromatic carbocycles. The molecule has 7 N–H and O–H groups in total.